The van der Waals surface area contributed by atoms with Gasteiger partial charge in [0.15, 0.2) is 0 Å². The zero-order chi connectivity index (χ0) is 15.4. The molecule has 2 aromatic rings. The molecule has 1 heterocycles. The van der Waals surface area contributed by atoms with Gasteiger partial charge in [0.1, 0.15) is 17.4 Å². The largest absolute Gasteiger partial charge is 0.495 e. The smallest absolute Gasteiger partial charge is 0.261 e. The lowest BCUT2D eigenvalue weighted by Crippen LogP contribution is -2.27. The molecule has 1 N–H and O–H groups in total. The molecule has 2 rings (SSSR count). The fourth-order valence-corrected chi connectivity index (χ4v) is 2.00. The molecule has 0 saturated heterocycles. The van der Waals surface area contributed by atoms with Crippen LogP contribution in [-0.2, 0) is 0 Å². The van der Waals surface area contributed by atoms with Crippen LogP contribution in [0.2, 0.25) is 0 Å². The number of nitrogens with zero attached hydrogens (tertiary/aromatic N) is 2. The summed E-state index contributed by atoms with van der Waals surface area (Å²) in [4.78, 5) is 17.8. The predicted molar refractivity (Wildman–Crippen MR) is 79.5 cm³/mol. The second-order valence-corrected chi connectivity index (χ2v) is 4.34. The van der Waals surface area contributed by atoms with Gasteiger partial charge in [-0.3, -0.25) is 4.79 Å². The van der Waals surface area contributed by atoms with E-state index in [4.69, 9.17) is 4.74 Å². The van der Waals surface area contributed by atoms with E-state index in [1.807, 2.05) is 6.07 Å². The number of rotatable bonds is 4. The number of carbonyl (C=O) groups excluding carboxylic acids is 1. The topological polar surface area (TPSA) is 54.5 Å². The lowest BCUT2D eigenvalue weighted by Gasteiger charge is -2.20. The molecule has 0 spiro atoms. The van der Waals surface area contributed by atoms with E-state index >= 15 is 0 Å². The van der Waals surface area contributed by atoms with Gasteiger partial charge in [-0.25, -0.2) is 9.37 Å². The number of nitrogens with one attached hydrogen (secondary N) is 1. The maximum Gasteiger partial charge on any atom is 0.261 e. The van der Waals surface area contributed by atoms with Gasteiger partial charge >= 0.3 is 0 Å². The molecular weight excluding hydrogens is 273 g/mol. The average Bonchev–Trinajstić information content (AvgIpc) is 2.53. The van der Waals surface area contributed by atoms with Crippen LogP contribution in [0.3, 0.4) is 0 Å². The Morgan fingerprint density at radius 3 is 2.76 bits per heavy atom. The van der Waals surface area contributed by atoms with Crippen molar-refractivity contribution in [2.75, 3.05) is 31.4 Å². The number of hydrogen-bond donors (Lipinski definition) is 1. The third-order valence-electron chi connectivity index (χ3n) is 3.07. The SMILES string of the molecule is CNc1ncc(F)cc1C(=O)N(C)c1ccccc1OC. The summed E-state index contributed by atoms with van der Waals surface area (Å²) in [6, 6.07) is 8.27. The van der Waals surface area contributed by atoms with Crippen molar-refractivity contribution >= 4 is 17.4 Å². The van der Waals surface area contributed by atoms with Crippen LogP contribution in [0.4, 0.5) is 15.9 Å². The molecule has 0 radical (unpaired) electrons. The Labute approximate surface area is 122 Å². The molecule has 0 aliphatic heterocycles. The van der Waals surface area contributed by atoms with E-state index in [9.17, 15) is 9.18 Å². The van der Waals surface area contributed by atoms with Crippen molar-refractivity contribution in [3.63, 3.8) is 0 Å². The lowest BCUT2D eigenvalue weighted by molar-refractivity contribution is 0.0992. The second-order valence-electron chi connectivity index (χ2n) is 4.34. The minimum absolute atomic E-state index is 0.158. The van der Waals surface area contributed by atoms with Crippen LogP contribution in [-0.4, -0.2) is 32.1 Å². The molecule has 0 bridgehead atoms. The number of anilines is 2. The van der Waals surface area contributed by atoms with E-state index in [1.165, 1.54) is 12.0 Å². The third kappa shape index (κ3) is 2.94. The Morgan fingerprint density at radius 2 is 2.10 bits per heavy atom. The van der Waals surface area contributed by atoms with Crippen molar-refractivity contribution in [2.45, 2.75) is 0 Å². The number of carbonyl (C=O) groups is 1. The molecule has 0 fully saturated rings. The Kier molecular flexibility index (Phi) is 4.37. The van der Waals surface area contributed by atoms with Crippen molar-refractivity contribution in [1.29, 1.82) is 0 Å². The Hall–Kier alpha value is -2.63. The average molecular weight is 289 g/mol. The lowest BCUT2D eigenvalue weighted by atomic mass is 10.2. The van der Waals surface area contributed by atoms with Crippen LogP contribution in [0.5, 0.6) is 5.75 Å². The first kappa shape index (κ1) is 14.8. The number of pyridine rings is 1. The number of para-hydroxylation sites is 2. The summed E-state index contributed by atoms with van der Waals surface area (Å²) in [7, 11) is 4.75. The second kappa shape index (κ2) is 6.21. The van der Waals surface area contributed by atoms with Crippen LogP contribution >= 0.6 is 0 Å². The molecule has 1 aromatic heterocycles. The highest BCUT2D eigenvalue weighted by atomic mass is 19.1. The zero-order valence-corrected chi connectivity index (χ0v) is 12.1. The van der Waals surface area contributed by atoms with Gasteiger partial charge in [0.25, 0.3) is 5.91 Å². The van der Waals surface area contributed by atoms with E-state index in [0.29, 0.717) is 17.3 Å². The number of aromatic nitrogens is 1. The summed E-state index contributed by atoms with van der Waals surface area (Å²) < 4.78 is 18.6. The predicted octanol–water partition coefficient (Wildman–Crippen LogP) is 2.55. The first-order valence-electron chi connectivity index (χ1n) is 6.33. The monoisotopic (exact) mass is 289 g/mol. The van der Waals surface area contributed by atoms with E-state index in [0.717, 1.165) is 12.3 Å². The maximum atomic E-state index is 13.4. The summed E-state index contributed by atoms with van der Waals surface area (Å²) in [5.41, 5.74) is 0.752. The summed E-state index contributed by atoms with van der Waals surface area (Å²) in [5, 5.41) is 2.78. The molecule has 5 nitrogen and oxygen atoms in total. The molecular formula is C15H16FN3O2. The van der Waals surface area contributed by atoms with Gasteiger partial charge in [-0.05, 0) is 18.2 Å². The summed E-state index contributed by atoms with van der Waals surface area (Å²) in [6.45, 7) is 0. The molecule has 1 amide bonds. The Bertz CT molecular complexity index is 661. The molecule has 0 aliphatic carbocycles. The van der Waals surface area contributed by atoms with Gasteiger partial charge in [0, 0.05) is 14.1 Å². The highest BCUT2D eigenvalue weighted by molar-refractivity contribution is 6.09. The minimum atomic E-state index is -0.564. The third-order valence-corrected chi connectivity index (χ3v) is 3.07. The van der Waals surface area contributed by atoms with E-state index < -0.39 is 5.82 Å². The highest BCUT2D eigenvalue weighted by Crippen LogP contribution is 2.28. The van der Waals surface area contributed by atoms with E-state index in [2.05, 4.69) is 10.3 Å². The van der Waals surface area contributed by atoms with Crippen molar-refractivity contribution < 1.29 is 13.9 Å². The number of amides is 1. The van der Waals surface area contributed by atoms with Crippen molar-refractivity contribution in [3.8, 4) is 5.75 Å². The zero-order valence-electron chi connectivity index (χ0n) is 12.1. The Morgan fingerprint density at radius 1 is 1.38 bits per heavy atom. The van der Waals surface area contributed by atoms with Gasteiger partial charge in [-0.1, -0.05) is 12.1 Å². The van der Waals surface area contributed by atoms with Crippen LogP contribution in [0, 0.1) is 5.82 Å². The van der Waals surface area contributed by atoms with Crippen molar-refractivity contribution in [2.24, 2.45) is 0 Å². The first-order valence-corrected chi connectivity index (χ1v) is 6.33. The number of methoxy groups -OCH3 is 1. The number of halogens is 1. The van der Waals surface area contributed by atoms with E-state index in [-0.39, 0.29) is 11.5 Å². The Balaban J connectivity index is 2.42. The summed E-state index contributed by atoms with van der Waals surface area (Å²) in [6.07, 6.45) is 1.06. The van der Waals surface area contributed by atoms with Gasteiger partial charge in [0.05, 0.1) is 24.6 Å². The van der Waals surface area contributed by atoms with E-state index in [1.54, 1.807) is 32.3 Å². The number of benzene rings is 1. The molecule has 1 aromatic carbocycles. The minimum Gasteiger partial charge on any atom is -0.495 e. The normalized spacial score (nSPS) is 10.1. The van der Waals surface area contributed by atoms with Gasteiger partial charge < -0.3 is 15.0 Å². The quantitative estimate of drug-likeness (QED) is 0.940. The van der Waals surface area contributed by atoms with Crippen molar-refractivity contribution in [1.82, 2.24) is 4.98 Å². The standard InChI is InChI=1S/C15H16FN3O2/c1-17-14-11(8-10(16)9-18-14)15(20)19(2)12-6-4-5-7-13(12)21-3/h4-9H,1-3H3,(H,17,18). The number of ether oxygens (including phenoxy) is 1. The first-order chi connectivity index (χ1) is 10.1. The van der Waals surface area contributed by atoms with Crippen molar-refractivity contribution in [3.05, 3.63) is 47.9 Å². The van der Waals surface area contributed by atoms with Crippen LogP contribution < -0.4 is 15.0 Å². The molecule has 21 heavy (non-hydrogen) atoms. The molecule has 110 valence electrons. The van der Waals surface area contributed by atoms with Crippen LogP contribution in [0.1, 0.15) is 10.4 Å². The maximum absolute atomic E-state index is 13.4. The van der Waals surface area contributed by atoms with Crippen LogP contribution in [0.25, 0.3) is 0 Å². The van der Waals surface area contributed by atoms with Crippen LogP contribution in [0.15, 0.2) is 36.5 Å². The molecule has 6 heteroatoms. The fraction of sp³-hybridized carbons (Fsp3) is 0.200. The summed E-state index contributed by atoms with van der Waals surface area (Å²) in [5.74, 6) is -0.0616. The molecule has 0 unspecified atom stereocenters. The van der Waals surface area contributed by atoms with Gasteiger partial charge in [-0.15, -0.1) is 0 Å². The fourth-order valence-electron chi connectivity index (χ4n) is 2.00. The molecule has 0 atom stereocenters. The molecule has 0 saturated carbocycles. The number of hydrogen-bond acceptors (Lipinski definition) is 4. The highest BCUT2D eigenvalue weighted by Gasteiger charge is 2.20. The van der Waals surface area contributed by atoms with Gasteiger partial charge in [-0.2, -0.15) is 0 Å². The summed E-state index contributed by atoms with van der Waals surface area (Å²) >= 11 is 0. The molecule has 0 aliphatic rings. The van der Waals surface area contributed by atoms with Gasteiger partial charge in [0.2, 0.25) is 0 Å².